The largest absolute Gasteiger partial charge is 0.271 e. The van der Waals surface area contributed by atoms with Crippen LogP contribution in [-0.4, -0.2) is 6.04 Å². The zero-order valence-corrected chi connectivity index (χ0v) is 11.0. The van der Waals surface area contributed by atoms with Crippen molar-refractivity contribution in [2.24, 2.45) is 5.84 Å². The Hall–Kier alpha value is -0.390. The molecule has 86 valence electrons. The van der Waals surface area contributed by atoms with Crippen LogP contribution >= 0.6 is 34.3 Å². The molecule has 0 saturated heterocycles. The summed E-state index contributed by atoms with van der Waals surface area (Å²) in [5.74, 6) is 5.57. The van der Waals surface area contributed by atoms with E-state index >= 15 is 0 Å². The smallest absolute Gasteiger partial charge is 0.0931 e. The van der Waals surface area contributed by atoms with Gasteiger partial charge in [-0.05, 0) is 47.4 Å². The van der Waals surface area contributed by atoms with E-state index in [0.717, 1.165) is 17.2 Å². The topological polar surface area (TPSA) is 38.0 Å². The summed E-state index contributed by atoms with van der Waals surface area (Å²) in [5, 5.41) is 4.25. The van der Waals surface area contributed by atoms with Crippen molar-refractivity contribution in [1.29, 1.82) is 0 Å². The molecule has 0 spiro atoms. The fourth-order valence-electron chi connectivity index (χ4n) is 1.59. The Morgan fingerprint density at radius 3 is 2.75 bits per heavy atom. The molecule has 0 aliphatic carbocycles. The molecular weight excluding hydrogens is 260 g/mol. The van der Waals surface area contributed by atoms with E-state index < -0.39 is 0 Å². The summed E-state index contributed by atoms with van der Waals surface area (Å²) in [4.78, 5) is 1.27. The maximum atomic E-state index is 5.90. The average molecular weight is 273 g/mol. The molecule has 2 nitrogen and oxygen atoms in total. The Labute approximate surface area is 108 Å². The number of hydrogen-bond acceptors (Lipinski definition) is 4. The Balaban J connectivity index is 1.95. The van der Waals surface area contributed by atoms with Gasteiger partial charge in [0, 0.05) is 10.9 Å². The summed E-state index contributed by atoms with van der Waals surface area (Å²) in [7, 11) is 0. The Morgan fingerprint density at radius 2 is 2.19 bits per heavy atom. The molecular formula is C11H13ClN2S2. The van der Waals surface area contributed by atoms with Gasteiger partial charge in [0.1, 0.15) is 0 Å². The van der Waals surface area contributed by atoms with Crippen LogP contribution in [0.5, 0.6) is 0 Å². The molecule has 0 amide bonds. The van der Waals surface area contributed by atoms with Gasteiger partial charge >= 0.3 is 0 Å². The minimum absolute atomic E-state index is 0.268. The zero-order valence-electron chi connectivity index (χ0n) is 8.65. The maximum absolute atomic E-state index is 5.90. The molecule has 2 heterocycles. The molecule has 2 rings (SSSR count). The Kier molecular flexibility index (Phi) is 4.37. The molecule has 1 atom stereocenters. The molecule has 0 saturated carbocycles. The monoisotopic (exact) mass is 272 g/mol. The van der Waals surface area contributed by atoms with Gasteiger partial charge < -0.3 is 0 Å². The van der Waals surface area contributed by atoms with Crippen LogP contribution in [0, 0.1) is 0 Å². The van der Waals surface area contributed by atoms with Gasteiger partial charge in [-0.3, -0.25) is 11.3 Å². The van der Waals surface area contributed by atoms with Crippen molar-refractivity contribution in [2.45, 2.75) is 18.9 Å². The highest BCUT2D eigenvalue weighted by Crippen LogP contribution is 2.23. The second kappa shape index (κ2) is 5.80. The highest BCUT2D eigenvalue weighted by molar-refractivity contribution is 7.16. The second-order valence-corrected chi connectivity index (χ2v) is 6.19. The van der Waals surface area contributed by atoms with Gasteiger partial charge in [-0.1, -0.05) is 11.6 Å². The lowest BCUT2D eigenvalue weighted by Gasteiger charge is -2.13. The predicted molar refractivity (Wildman–Crippen MR) is 72.2 cm³/mol. The summed E-state index contributed by atoms with van der Waals surface area (Å²) >= 11 is 9.23. The molecule has 2 aromatic rings. The molecule has 0 aliphatic rings. The minimum Gasteiger partial charge on any atom is -0.271 e. The first kappa shape index (κ1) is 12.1. The van der Waals surface area contributed by atoms with Crippen LogP contribution in [0.3, 0.4) is 0 Å². The SMILES string of the molecule is NNC(Cc1ccsc1)Cc1ccc(Cl)s1. The standard InChI is InChI=1S/C11H13ClN2S2/c12-11-2-1-10(16-11)6-9(14-13)5-8-3-4-15-7-8/h1-4,7,9,14H,5-6,13H2. The molecule has 3 N–H and O–H groups in total. The van der Waals surface area contributed by atoms with Crippen molar-refractivity contribution in [3.63, 3.8) is 0 Å². The van der Waals surface area contributed by atoms with E-state index in [1.54, 1.807) is 22.7 Å². The number of hydrogen-bond donors (Lipinski definition) is 2. The number of hydrazine groups is 1. The quantitative estimate of drug-likeness (QED) is 0.648. The molecule has 1 unspecified atom stereocenters. The second-order valence-electron chi connectivity index (χ2n) is 3.61. The Bertz CT molecular complexity index is 425. The summed E-state index contributed by atoms with van der Waals surface area (Å²) < 4.78 is 0.835. The molecule has 5 heteroatoms. The summed E-state index contributed by atoms with van der Waals surface area (Å²) in [6.45, 7) is 0. The van der Waals surface area contributed by atoms with Gasteiger partial charge in [-0.25, -0.2) is 0 Å². The van der Waals surface area contributed by atoms with Crippen LogP contribution in [0.4, 0.5) is 0 Å². The van der Waals surface area contributed by atoms with E-state index in [1.807, 2.05) is 6.07 Å². The van der Waals surface area contributed by atoms with Crippen LogP contribution in [-0.2, 0) is 12.8 Å². The minimum atomic E-state index is 0.268. The van der Waals surface area contributed by atoms with Gasteiger partial charge in [0.15, 0.2) is 0 Å². The molecule has 16 heavy (non-hydrogen) atoms. The zero-order chi connectivity index (χ0) is 11.4. The first-order chi connectivity index (χ1) is 7.78. The first-order valence-corrected chi connectivity index (χ1v) is 7.13. The fourth-order valence-corrected chi connectivity index (χ4v) is 3.44. The number of nitrogens with one attached hydrogen (secondary N) is 1. The third-order valence-electron chi connectivity index (χ3n) is 2.37. The first-order valence-electron chi connectivity index (χ1n) is 4.99. The molecule has 0 bridgehead atoms. The highest BCUT2D eigenvalue weighted by atomic mass is 35.5. The number of nitrogens with two attached hydrogens (primary N) is 1. The average Bonchev–Trinajstić information content (AvgIpc) is 2.89. The van der Waals surface area contributed by atoms with Crippen molar-refractivity contribution >= 4 is 34.3 Å². The Morgan fingerprint density at radius 1 is 1.31 bits per heavy atom. The van der Waals surface area contributed by atoms with E-state index in [0.29, 0.717) is 0 Å². The summed E-state index contributed by atoms with van der Waals surface area (Å²) in [6.07, 6.45) is 1.87. The number of thiophene rings is 2. The lowest BCUT2D eigenvalue weighted by Crippen LogP contribution is -2.38. The van der Waals surface area contributed by atoms with Crippen LogP contribution in [0.2, 0.25) is 4.34 Å². The van der Waals surface area contributed by atoms with E-state index in [9.17, 15) is 0 Å². The normalized spacial score (nSPS) is 12.9. The molecule has 0 aliphatic heterocycles. The molecule has 0 fully saturated rings. The van der Waals surface area contributed by atoms with E-state index in [-0.39, 0.29) is 6.04 Å². The lowest BCUT2D eigenvalue weighted by molar-refractivity contribution is 0.526. The van der Waals surface area contributed by atoms with Crippen LogP contribution in [0.1, 0.15) is 10.4 Å². The van der Waals surface area contributed by atoms with Gasteiger partial charge in [0.25, 0.3) is 0 Å². The van der Waals surface area contributed by atoms with Crippen molar-refractivity contribution < 1.29 is 0 Å². The van der Waals surface area contributed by atoms with Crippen LogP contribution in [0.15, 0.2) is 29.0 Å². The van der Waals surface area contributed by atoms with E-state index in [1.165, 1.54) is 10.4 Å². The number of halogens is 1. The highest BCUT2D eigenvalue weighted by Gasteiger charge is 2.10. The van der Waals surface area contributed by atoms with Gasteiger partial charge in [-0.2, -0.15) is 11.3 Å². The van der Waals surface area contributed by atoms with Gasteiger partial charge in [0.05, 0.1) is 4.34 Å². The van der Waals surface area contributed by atoms with E-state index in [2.05, 4.69) is 28.3 Å². The molecule has 2 aromatic heterocycles. The van der Waals surface area contributed by atoms with E-state index in [4.69, 9.17) is 17.4 Å². The summed E-state index contributed by atoms with van der Waals surface area (Å²) in [5.41, 5.74) is 4.20. The predicted octanol–water partition coefficient (Wildman–Crippen LogP) is 3.08. The number of rotatable bonds is 5. The van der Waals surface area contributed by atoms with Crippen molar-refractivity contribution in [3.8, 4) is 0 Å². The maximum Gasteiger partial charge on any atom is 0.0931 e. The van der Waals surface area contributed by atoms with Crippen LogP contribution in [0.25, 0.3) is 0 Å². The fraction of sp³-hybridized carbons (Fsp3) is 0.273. The third kappa shape index (κ3) is 3.30. The lowest BCUT2D eigenvalue weighted by atomic mass is 10.1. The van der Waals surface area contributed by atoms with Gasteiger partial charge in [0.2, 0.25) is 0 Å². The molecule has 0 aromatic carbocycles. The molecule has 0 radical (unpaired) electrons. The van der Waals surface area contributed by atoms with Gasteiger partial charge in [-0.15, -0.1) is 11.3 Å². The van der Waals surface area contributed by atoms with Crippen molar-refractivity contribution in [3.05, 3.63) is 43.7 Å². The van der Waals surface area contributed by atoms with Crippen LogP contribution < -0.4 is 11.3 Å². The third-order valence-corrected chi connectivity index (χ3v) is 4.36. The van der Waals surface area contributed by atoms with Crippen molar-refractivity contribution in [1.82, 2.24) is 5.43 Å². The summed E-state index contributed by atoms with van der Waals surface area (Å²) in [6, 6.07) is 6.39. The van der Waals surface area contributed by atoms with Crippen molar-refractivity contribution in [2.75, 3.05) is 0 Å².